The van der Waals surface area contributed by atoms with Crippen LogP contribution in [0.3, 0.4) is 0 Å². The average Bonchev–Trinajstić information content (AvgIpc) is 2.53. The number of hydrogen-bond acceptors (Lipinski definition) is 1. The Kier molecular flexibility index (Phi) is 5.76. The van der Waals surface area contributed by atoms with Gasteiger partial charge in [0.2, 0.25) is 0 Å². The van der Waals surface area contributed by atoms with Crippen molar-refractivity contribution in [2.24, 2.45) is 0 Å². The second-order valence-corrected chi connectivity index (χ2v) is 9.23. The summed E-state index contributed by atoms with van der Waals surface area (Å²) in [6, 6.07) is 19.3. The molecule has 0 nitrogen and oxygen atoms in total. The van der Waals surface area contributed by atoms with Crippen molar-refractivity contribution in [2.75, 3.05) is 0 Å². The number of allylic oxidation sites excluding steroid dienone is 1. The van der Waals surface area contributed by atoms with Crippen LogP contribution in [0.15, 0.2) is 72.6 Å². The molecule has 0 spiro atoms. The van der Waals surface area contributed by atoms with Gasteiger partial charge in [-0.1, -0.05) is 98.3 Å². The summed E-state index contributed by atoms with van der Waals surface area (Å²) in [5, 5.41) is 2.54. The maximum absolute atomic E-state index is 6.11. The Morgan fingerprint density at radius 1 is 0.900 bits per heavy atom. The molecule has 0 radical (unpaired) electrons. The van der Waals surface area contributed by atoms with Crippen LogP contribution in [-0.4, -0.2) is 0 Å². The minimum Gasteiger partial charge on any atom is -0.0832 e. The van der Waals surface area contributed by atoms with E-state index >= 15 is 0 Å². The standard InChI is InChI=1S/C18H21PS/c1-2-3-4-11-16-19(20,17-12-7-5-8-13-17)18-14-9-6-10-15-18/h5-16H,2-4H2,1H3/b16-11+. The fourth-order valence-corrected chi connectivity index (χ4v) is 5.47. The lowest BCUT2D eigenvalue weighted by Crippen LogP contribution is -2.13. The molecule has 0 amide bonds. The first kappa shape index (κ1) is 15.2. The Hall–Kier alpha value is -1.17. The highest BCUT2D eigenvalue weighted by Gasteiger charge is 2.18. The lowest BCUT2D eigenvalue weighted by Gasteiger charge is -2.19. The van der Waals surface area contributed by atoms with Crippen LogP contribution in [-0.2, 0) is 11.8 Å². The molecule has 20 heavy (non-hydrogen) atoms. The Balaban J connectivity index is 2.39. The number of benzene rings is 2. The van der Waals surface area contributed by atoms with Gasteiger partial charge in [0.1, 0.15) is 0 Å². The number of hydrogen-bond donors (Lipinski definition) is 0. The SMILES string of the molecule is CCCC/C=C/P(=S)(c1ccccc1)c1ccccc1. The van der Waals surface area contributed by atoms with Crippen LogP contribution in [0, 0.1) is 0 Å². The van der Waals surface area contributed by atoms with Gasteiger partial charge in [-0.25, -0.2) is 0 Å². The molecule has 2 aromatic rings. The second-order valence-electron chi connectivity index (χ2n) is 4.86. The lowest BCUT2D eigenvalue weighted by atomic mass is 10.2. The third-order valence-corrected chi connectivity index (χ3v) is 7.71. The average molecular weight is 300 g/mol. The highest BCUT2D eigenvalue weighted by Crippen LogP contribution is 2.45. The van der Waals surface area contributed by atoms with Crippen LogP contribution in [0.25, 0.3) is 0 Å². The fourth-order valence-electron chi connectivity index (χ4n) is 2.17. The van der Waals surface area contributed by atoms with E-state index in [4.69, 9.17) is 11.8 Å². The summed E-state index contributed by atoms with van der Waals surface area (Å²) >= 11 is 6.11. The molecule has 2 heteroatoms. The summed E-state index contributed by atoms with van der Waals surface area (Å²) in [7, 11) is 0. The van der Waals surface area contributed by atoms with E-state index in [0.717, 1.165) is 6.42 Å². The van der Waals surface area contributed by atoms with E-state index < -0.39 is 6.04 Å². The van der Waals surface area contributed by atoms with Gasteiger partial charge >= 0.3 is 0 Å². The van der Waals surface area contributed by atoms with Crippen molar-refractivity contribution in [3.05, 3.63) is 72.6 Å². The summed E-state index contributed by atoms with van der Waals surface area (Å²) in [5.74, 6) is 2.29. The summed E-state index contributed by atoms with van der Waals surface area (Å²) in [5.41, 5.74) is 0. The predicted molar refractivity (Wildman–Crippen MR) is 95.1 cm³/mol. The topological polar surface area (TPSA) is 0 Å². The highest BCUT2D eigenvalue weighted by atomic mass is 32.4. The van der Waals surface area contributed by atoms with Gasteiger partial charge in [0.25, 0.3) is 0 Å². The first-order chi connectivity index (χ1) is 9.77. The maximum Gasteiger partial charge on any atom is 0.0307 e. The van der Waals surface area contributed by atoms with Crippen molar-refractivity contribution in [3.63, 3.8) is 0 Å². The predicted octanol–water partition coefficient (Wildman–Crippen LogP) is 4.82. The summed E-state index contributed by atoms with van der Waals surface area (Å²) in [6.07, 6.45) is 5.86. The fraction of sp³-hybridized carbons (Fsp3) is 0.222. The third-order valence-electron chi connectivity index (χ3n) is 3.32. The van der Waals surface area contributed by atoms with Gasteiger partial charge in [-0.3, -0.25) is 0 Å². The van der Waals surface area contributed by atoms with E-state index in [1.807, 2.05) is 0 Å². The Morgan fingerprint density at radius 3 is 1.85 bits per heavy atom. The van der Waals surface area contributed by atoms with Gasteiger partial charge < -0.3 is 0 Å². The van der Waals surface area contributed by atoms with Crippen LogP contribution in [0.5, 0.6) is 0 Å². The molecule has 0 fully saturated rings. The van der Waals surface area contributed by atoms with Crippen LogP contribution in [0.1, 0.15) is 26.2 Å². The third kappa shape index (κ3) is 3.69. The molecule has 0 bridgehead atoms. The van der Waals surface area contributed by atoms with Crippen LogP contribution in [0.2, 0.25) is 0 Å². The lowest BCUT2D eigenvalue weighted by molar-refractivity contribution is 0.815. The molecule has 0 aliphatic rings. The van der Waals surface area contributed by atoms with Crippen LogP contribution < -0.4 is 10.6 Å². The van der Waals surface area contributed by atoms with Gasteiger partial charge in [-0.05, 0) is 22.8 Å². The molecule has 104 valence electrons. The van der Waals surface area contributed by atoms with Crippen molar-refractivity contribution >= 4 is 28.5 Å². The van der Waals surface area contributed by atoms with Crippen molar-refractivity contribution in [3.8, 4) is 0 Å². The molecular formula is C18H21PS. The number of rotatable bonds is 6. The van der Waals surface area contributed by atoms with Gasteiger partial charge in [-0.15, -0.1) is 0 Å². The minimum atomic E-state index is -1.81. The summed E-state index contributed by atoms with van der Waals surface area (Å²) in [4.78, 5) is 0. The number of unbranched alkanes of at least 4 members (excludes halogenated alkanes) is 2. The first-order valence-electron chi connectivity index (χ1n) is 7.16. The van der Waals surface area contributed by atoms with E-state index in [1.54, 1.807) is 0 Å². The van der Waals surface area contributed by atoms with Gasteiger partial charge in [-0.2, -0.15) is 0 Å². The molecule has 0 saturated carbocycles. The van der Waals surface area contributed by atoms with Crippen molar-refractivity contribution in [2.45, 2.75) is 26.2 Å². The van der Waals surface area contributed by atoms with Crippen molar-refractivity contribution < 1.29 is 0 Å². The summed E-state index contributed by atoms with van der Waals surface area (Å²) < 4.78 is 0. The normalized spacial score (nSPS) is 11.8. The molecule has 0 N–H and O–H groups in total. The quantitative estimate of drug-likeness (QED) is 0.544. The van der Waals surface area contributed by atoms with E-state index in [-0.39, 0.29) is 0 Å². The van der Waals surface area contributed by atoms with Crippen molar-refractivity contribution in [1.82, 2.24) is 0 Å². The Bertz CT molecular complexity index is 544. The molecule has 0 heterocycles. The molecule has 0 atom stereocenters. The smallest absolute Gasteiger partial charge is 0.0307 e. The van der Waals surface area contributed by atoms with E-state index in [2.05, 4.69) is 79.5 Å². The van der Waals surface area contributed by atoms with Crippen molar-refractivity contribution in [1.29, 1.82) is 0 Å². The molecular weight excluding hydrogens is 279 g/mol. The Labute approximate surface area is 127 Å². The van der Waals surface area contributed by atoms with E-state index in [9.17, 15) is 0 Å². The van der Waals surface area contributed by atoms with Gasteiger partial charge in [0, 0.05) is 6.04 Å². The monoisotopic (exact) mass is 300 g/mol. The zero-order valence-electron chi connectivity index (χ0n) is 11.9. The summed E-state index contributed by atoms with van der Waals surface area (Å²) in [6.45, 7) is 2.22. The maximum atomic E-state index is 6.11. The minimum absolute atomic E-state index is 1.12. The zero-order chi connectivity index (χ0) is 14.3. The largest absolute Gasteiger partial charge is 0.0832 e. The molecule has 0 aromatic heterocycles. The van der Waals surface area contributed by atoms with E-state index in [1.165, 1.54) is 23.5 Å². The highest BCUT2D eigenvalue weighted by molar-refractivity contribution is 8.23. The molecule has 0 aliphatic heterocycles. The second kappa shape index (κ2) is 7.57. The van der Waals surface area contributed by atoms with Gasteiger partial charge in [0.05, 0.1) is 0 Å². The Morgan fingerprint density at radius 2 is 1.40 bits per heavy atom. The zero-order valence-corrected chi connectivity index (χ0v) is 13.6. The molecule has 0 saturated heterocycles. The van der Waals surface area contributed by atoms with Crippen LogP contribution in [0.4, 0.5) is 0 Å². The molecule has 2 rings (SSSR count). The first-order valence-corrected chi connectivity index (χ1v) is 10.0. The van der Waals surface area contributed by atoms with Gasteiger partial charge in [0.15, 0.2) is 0 Å². The molecule has 0 aliphatic carbocycles. The van der Waals surface area contributed by atoms with E-state index in [0.29, 0.717) is 0 Å². The van der Waals surface area contributed by atoms with Crippen LogP contribution >= 0.6 is 6.04 Å². The molecule has 0 unspecified atom stereocenters. The molecule has 2 aromatic carbocycles.